The number of unbranched alkanes of at least 4 members (excludes halogenated alkanes) is 35. The van der Waals surface area contributed by atoms with Crippen LogP contribution in [0.25, 0.3) is 0 Å². The number of hydrogen-bond acceptors (Lipinski definition) is 15. The molecule has 0 saturated heterocycles. The molecule has 3 N–H and O–H groups in total. The number of phosphoric ester groups is 2. The molecule has 91 heavy (non-hydrogen) atoms. The Bertz CT molecular complexity index is 1800. The van der Waals surface area contributed by atoms with Gasteiger partial charge in [0, 0.05) is 25.7 Å². The minimum Gasteiger partial charge on any atom is -0.462 e. The minimum absolute atomic E-state index is 0.103. The van der Waals surface area contributed by atoms with Crippen molar-refractivity contribution in [2.24, 2.45) is 23.7 Å². The zero-order valence-electron chi connectivity index (χ0n) is 59.5. The quantitative estimate of drug-likeness (QED) is 0.0222. The van der Waals surface area contributed by atoms with E-state index in [1.807, 2.05) is 0 Å². The Balaban J connectivity index is 5.12. The highest BCUT2D eigenvalue weighted by Gasteiger charge is 2.30. The fraction of sp³-hybridized carbons (Fsp3) is 0.944. The van der Waals surface area contributed by atoms with Crippen molar-refractivity contribution in [1.29, 1.82) is 0 Å². The number of phosphoric acid groups is 2. The molecule has 0 saturated carbocycles. The molecule has 0 fully saturated rings. The highest BCUT2D eigenvalue weighted by molar-refractivity contribution is 7.47. The lowest BCUT2D eigenvalue weighted by molar-refractivity contribution is -0.161. The van der Waals surface area contributed by atoms with Crippen LogP contribution in [0.15, 0.2) is 0 Å². The Morgan fingerprint density at radius 1 is 0.275 bits per heavy atom. The van der Waals surface area contributed by atoms with E-state index in [1.165, 1.54) is 154 Å². The summed E-state index contributed by atoms with van der Waals surface area (Å²) < 4.78 is 68.2. The van der Waals surface area contributed by atoms with Crippen molar-refractivity contribution in [1.82, 2.24) is 0 Å². The summed E-state index contributed by atoms with van der Waals surface area (Å²) in [5, 5.41) is 10.6. The van der Waals surface area contributed by atoms with Crippen LogP contribution >= 0.6 is 15.6 Å². The predicted molar refractivity (Wildman–Crippen MR) is 367 cm³/mol. The number of carbonyl (C=O) groups is 4. The van der Waals surface area contributed by atoms with E-state index in [-0.39, 0.29) is 25.7 Å². The third-order valence-electron chi connectivity index (χ3n) is 16.6. The average molecular weight is 1340 g/mol. The molecule has 0 aliphatic heterocycles. The lowest BCUT2D eigenvalue weighted by atomic mass is 10.0. The maximum atomic E-state index is 13.0. The molecule has 0 aromatic rings. The number of esters is 4. The summed E-state index contributed by atoms with van der Waals surface area (Å²) in [6.07, 6.45) is 45.0. The highest BCUT2D eigenvalue weighted by Crippen LogP contribution is 2.45. The number of hydrogen-bond donors (Lipinski definition) is 3. The fourth-order valence-corrected chi connectivity index (χ4v) is 12.4. The molecule has 2 unspecified atom stereocenters. The summed E-state index contributed by atoms with van der Waals surface area (Å²) in [5.41, 5.74) is 0. The molecule has 0 amide bonds. The van der Waals surface area contributed by atoms with Crippen LogP contribution in [0.2, 0.25) is 0 Å². The number of carbonyl (C=O) groups excluding carboxylic acids is 4. The zero-order chi connectivity index (χ0) is 67.5. The fourth-order valence-electron chi connectivity index (χ4n) is 10.8. The first-order valence-electron chi connectivity index (χ1n) is 37.2. The van der Waals surface area contributed by atoms with E-state index in [1.54, 1.807) is 0 Å². The molecule has 0 spiro atoms. The van der Waals surface area contributed by atoms with Crippen molar-refractivity contribution in [3.8, 4) is 0 Å². The van der Waals surface area contributed by atoms with Gasteiger partial charge in [0.25, 0.3) is 0 Å². The number of aliphatic hydroxyl groups is 1. The predicted octanol–water partition coefficient (Wildman–Crippen LogP) is 20.5. The number of aliphatic hydroxyl groups excluding tert-OH is 1. The lowest BCUT2D eigenvalue weighted by Crippen LogP contribution is -2.30. The van der Waals surface area contributed by atoms with Crippen LogP contribution in [0.1, 0.15) is 357 Å². The van der Waals surface area contributed by atoms with Crippen LogP contribution in [0.5, 0.6) is 0 Å². The van der Waals surface area contributed by atoms with Crippen LogP contribution in [0.3, 0.4) is 0 Å². The van der Waals surface area contributed by atoms with E-state index in [9.17, 15) is 43.2 Å². The van der Waals surface area contributed by atoms with Crippen molar-refractivity contribution < 1.29 is 80.2 Å². The van der Waals surface area contributed by atoms with Gasteiger partial charge in [-0.05, 0) is 49.4 Å². The van der Waals surface area contributed by atoms with E-state index in [4.69, 9.17) is 37.0 Å². The van der Waals surface area contributed by atoms with Crippen LogP contribution < -0.4 is 0 Å². The maximum Gasteiger partial charge on any atom is 0.472 e. The first kappa shape index (κ1) is 89.1. The zero-order valence-corrected chi connectivity index (χ0v) is 61.3. The Kier molecular flexibility index (Phi) is 60.3. The van der Waals surface area contributed by atoms with Gasteiger partial charge in [0.1, 0.15) is 19.3 Å². The molecule has 0 aliphatic rings. The molecule has 540 valence electrons. The summed E-state index contributed by atoms with van der Waals surface area (Å²) in [7, 11) is -9.90. The molecule has 0 radical (unpaired) electrons. The van der Waals surface area contributed by atoms with Gasteiger partial charge in [-0.3, -0.25) is 37.3 Å². The standard InChI is InChI=1S/C72H140O17P2/c1-62(2)48-40-32-24-19-17-15-13-11-9-10-12-14-16-18-20-27-36-44-52-69(74)82-58-67(89-72(77)55-47-39-29-23-26-34-42-50-64(5)6)60-86-90(78,79)84-56-66(73)57-85-91(80,81)87-61-68(59-83-70(75)53-45-37-31-30-35-43-51-65(7)8)88-71(76)54-46-38-28-22-21-25-33-41-49-63(3)4/h62-68,73H,9-61H2,1-8H3,(H,78,79)(H,80,81)/t66-,67-,68-/m1/s1. The smallest absolute Gasteiger partial charge is 0.462 e. The minimum atomic E-state index is -4.95. The summed E-state index contributed by atoms with van der Waals surface area (Å²) in [6, 6.07) is 0. The van der Waals surface area contributed by atoms with Crippen LogP contribution in [-0.2, 0) is 65.4 Å². The first-order chi connectivity index (χ1) is 43.6. The molecule has 19 heteroatoms. The van der Waals surface area contributed by atoms with E-state index in [2.05, 4.69) is 55.4 Å². The second-order valence-corrected chi connectivity index (χ2v) is 30.8. The Labute approximate surface area is 556 Å². The Hall–Kier alpha value is -1.94. The maximum absolute atomic E-state index is 13.0. The lowest BCUT2D eigenvalue weighted by Gasteiger charge is -2.21. The van der Waals surface area contributed by atoms with Gasteiger partial charge in [0.2, 0.25) is 0 Å². The summed E-state index contributed by atoms with van der Waals surface area (Å²) in [6.45, 7) is 14.0. The van der Waals surface area contributed by atoms with Gasteiger partial charge in [-0.15, -0.1) is 0 Å². The van der Waals surface area contributed by atoms with Gasteiger partial charge in [-0.2, -0.15) is 0 Å². The molecule has 0 rings (SSSR count). The van der Waals surface area contributed by atoms with Crippen molar-refractivity contribution in [3.63, 3.8) is 0 Å². The van der Waals surface area contributed by atoms with Crippen molar-refractivity contribution >= 4 is 39.5 Å². The van der Waals surface area contributed by atoms with Crippen LogP contribution in [0.4, 0.5) is 0 Å². The largest absolute Gasteiger partial charge is 0.472 e. The average Bonchev–Trinajstić information content (AvgIpc) is 3.71. The molecular weight excluding hydrogens is 1200 g/mol. The van der Waals surface area contributed by atoms with Gasteiger partial charge >= 0.3 is 39.5 Å². The normalized spacial score (nSPS) is 14.2. The van der Waals surface area contributed by atoms with E-state index >= 15 is 0 Å². The highest BCUT2D eigenvalue weighted by atomic mass is 31.2. The second kappa shape index (κ2) is 61.6. The van der Waals surface area contributed by atoms with E-state index < -0.39 is 97.5 Å². The van der Waals surface area contributed by atoms with Crippen molar-refractivity contribution in [2.45, 2.75) is 375 Å². The van der Waals surface area contributed by atoms with E-state index in [0.29, 0.717) is 37.5 Å². The SMILES string of the molecule is CC(C)CCCCCCCCCCCCCCCCCCCCC(=O)OC[C@H](COP(=O)(O)OC[C@@H](O)COP(=O)(O)OC[C@@H](COC(=O)CCCCCCCCC(C)C)OC(=O)CCCCCCCCCCC(C)C)OC(=O)CCCCCCCCCC(C)C. The van der Waals surface area contributed by atoms with E-state index in [0.717, 1.165) is 108 Å². The molecule has 0 aromatic heterocycles. The molecule has 5 atom stereocenters. The van der Waals surface area contributed by atoms with Gasteiger partial charge in [-0.1, -0.05) is 306 Å². The molecule has 0 aromatic carbocycles. The molecule has 0 bridgehead atoms. The molecular formula is C72H140O17P2. The van der Waals surface area contributed by atoms with Gasteiger partial charge in [0.15, 0.2) is 12.2 Å². The van der Waals surface area contributed by atoms with Gasteiger partial charge in [0.05, 0.1) is 26.4 Å². The third kappa shape index (κ3) is 66.5. The molecule has 17 nitrogen and oxygen atoms in total. The topological polar surface area (TPSA) is 237 Å². The van der Waals surface area contributed by atoms with Gasteiger partial charge in [-0.25, -0.2) is 9.13 Å². The van der Waals surface area contributed by atoms with Crippen molar-refractivity contribution in [3.05, 3.63) is 0 Å². The molecule has 0 heterocycles. The second-order valence-electron chi connectivity index (χ2n) is 27.9. The van der Waals surface area contributed by atoms with Crippen LogP contribution in [0, 0.1) is 23.7 Å². The van der Waals surface area contributed by atoms with Gasteiger partial charge < -0.3 is 33.8 Å². The van der Waals surface area contributed by atoms with Crippen LogP contribution in [-0.4, -0.2) is 96.7 Å². The summed E-state index contributed by atoms with van der Waals surface area (Å²) in [5.74, 6) is 0.783. The monoisotopic (exact) mass is 1340 g/mol. The Morgan fingerprint density at radius 3 is 0.681 bits per heavy atom. The number of ether oxygens (including phenoxy) is 4. The third-order valence-corrected chi connectivity index (χ3v) is 18.5. The Morgan fingerprint density at radius 2 is 0.462 bits per heavy atom. The molecule has 0 aliphatic carbocycles. The first-order valence-corrected chi connectivity index (χ1v) is 40.2. The summed E-state index contributed by atoms with van der Waals surface area (Å²) >= 11 is 0. The number of rotatable bonds is 69. The summed E-state index contributed by atoms with van der Waals surface area (Å²) in [4.78, 5) is 72.5. The van der Waals surface area contributed by atoms with Crippen molar-refractivity contribution in [2.75, 3.05) is 39.6 Å².